The maximum atomic E-state index is 13.7. The van der Waals surface area contributed by atoms with Crippen molar-refractivity contribution >= 4 is 12.6 Å². The third kappa shape index (κ3) is 4.76. The van der Waals surface area contributed by atoms with Gasteiger partial charge in [0.05, 0.1) is 6.61 Å². The van der Waals surface area contributed by atoms with Crippen molar-refractivity contribution in [1.82, 2.24) is 0 Å². The smallest absolute Gasteiger partial charge is 0.490 e. The second kappa shape index (κ2) is 7.60. The first-order chi connectivity index (χ1) is 9.32. The van der Waals surface area contributed by atoms with Crippen LogP contribution in [-0.4, -0.2) is 23.8 Å². The van der Waals surface area contributed by atoms with Gasteiger partial charge in [-0.1, -0.05) is 33.3 Å². The highest BCUT2D eigenvalue weighted by Gasteiger charge is 2.22. The predicted molar refractivity (Wildman–Crippen MR) is 74.9 cm³/mol. The normalized spacial score (nSPS) is 12.6. The van der Waals surface area contributed by atoms with Crippen molar-refractivity contribution in [3.8, 4) is 5.75 Å². The Morgan fingerprint density at radius 1 is 1.10 bits per heavy atom. The molecule has 112 valence electrons. The molecule has 0 aliphatic carbocycles. The van der Waals surface area contributed by atoms with E-state index in [9.17, 15) is 8.78 Å². The van der Waals surface area contributed by atoms with Crippen LogP contribution in [0.1, 0.15) is 33.6 Å². The van der Waals surface area contributed by atoms with Gasteiger partial charge in [0.2, 0.25) is 0 Å². The van der Waals surface area contributed by atoms with Crippen LogP contribution in [0, 0.1) is 23.5 Å². The lowest BCUT2D eigenvalue weighted by Gasteiger charge is -2.15. The summed E-state index contributed by atoms with van der Waals surface area (Å²) in [5, 5.41) is 17.7. The van der Waals surface area contributed by atoms with Crippen LogP contribution in [0.2, 0.25) is 0 Å². The fraction of sp³-hybridized carbons (Fsp3) is 0.571. The highest BCUT2D eigenvalue weighted by Crippen LogP contribution is 2.20. The Kier molecular flexibility index (Phi) is 6.42. The fourth-order valence-electron chi connectivity index (χ4n) is 1.79. The first-order valence-corrected chi connectivity index (χ1v) is 6.79. The molecule has 0 amide bonds. The van der Waals surface area contributed by atoms with Gasteiger partial charge in [0.1, 0.15) is 0 Å². The predicted octanol–water partition coefficient (Wildman–Crippen LogP) is 2.10. The van der Waals surface area contributed by atoms with E-state index in [4.69, 9.17) is 14.8 Å². The van der Waals surface area contributed by atoms with Gasteiger partial charge in [0, 0.05) is 5.46 Å². The summed E-state index contributed by atoms with van der Waals surface area (Å²) in [7, 11) is -2.04. The molecule has 1 atom stereocenters. The molecule has 0 saturated carbocycles. The van der Waals surface area contributed by atoms with Crippen molar-refractivity contribution in [2.24, 2.45) is 11.8 Å². The van der Waals surface area contributed by atoms with Crippen molar-refractivity contribution in [2.45, 2.75) is 33.6 Å². The Morgan fingerprint density at radius 2 is 1.75 bits per heavy atom. The summed E-state index contributed by atoms with van der Waals surface area (Å²) < 4.78 is 32.4. The molecule has 0 aliphatic rings. The van der Waals surface area contributed by atoms with Crippen LogP contribution in [0.5, 0.6) is 5.75 Å². The quantitative estimate of drug-likeness (QED) is 0.755. The monoisotopic (exact) mass is 286 g/mol. The highest BCUT2D eigenvalue weighted by molar-refractivity contribution is 6.58. The Bertz CT molecular complexity index is 439. The van der Waals surface area contributed by atoms with Gasteiger partial charge < -0.3 is 14.8 Å². The van der Waals surface area contributed by atoms with Crippen LogP contribution in [0.25, 0.3) is 0 Å². The van der Waals surface area contributed by atoms with Crippen molar-refractivity contribution < 1.29 is 23.6 Å². The lowest BCUT2D eigenvalue weighted by atomic mass is 9.80. The van der Waals surface area contributed by atoms with Crippen molar-refractivity contribution in [3.05, 3.63) is 23.8 Å². The zero-order valence-electron chi connectivity index (χ0n) is 12.1. The molecule has 0 aromatic heterocycles. The van der Waals surface area contributed by atoms with Gasteiger partial charge in [-0.15, -0.1) is 0 Å². The van der Waals surface area contributed by atoms with Gasteiger partial charge >= 0.3 is 7.12 Å². The number of benzene rings is 1. The summed E-state index contributed by atoms with van der Waals surface area (Å²) >= 11 is 0. The highest BCUT2D eigenvalue weighted by atomic mass is 19.2. The van der Waals surface area contributed by atoms with E-state index in [1.807, 2.05) is 6.92 Å². The van der Waals surface area contributed by atoms with Gasteiger partial charge in [-0.3, -0.25) is 0 Å². The molecule has 6 heteroatoms. The summed E-state index contributed by atoms with van der Waals surface area (Å²) in [5.41, 5.74) is -0.497. The van der Waals surface area contributed by atoms with Crippen molar-refractivity contribution in [2.75, 3.05) is 6.61 Å². The standard InChI is InChI=1S/C14H21BF2O3/c1-9(2)4-5-10(3)8-20-12-7-6-11(15(18)19)13(16)14(12)17/h6-7,9-10,18-19H,4-5,8H2,1-3H3. The molecule has 1 unspecified atom stereocenters. The van der Waals surface area contributed by atoms with Crippen LogP contribution in [0.3, 0.4) is 0 Å². The van der Waals surface area contributed by atoms with Gasteiger partial charge in [-0.05, 0) is 24.3 Å². The molecule has 3 nitrogen and oxygen atoms in total. The first kappa shape index (κ1) is 16.9. The van der Waals surface area contributed by atoms with Gasteiger partial charge in [0.25, 0.3) is 0 Å². The Labute approximate surface area is 118 Å². The largest absolute Gasteiger partial charge is 0.491 e. The first-order valence-electron chi connectivity index (χ1n) is 6.79. The molecule has 0 radical (unpaired) electrons. The molecule has 2 N–H and O–H groups in total. The second-order valence-corrected chi connectivity index (χ2v) is 5.54. The van der Waals surface area contributed by atoms with Crippen molar-refractivity contribution in [1.29, 1.82) is 0 Å². The number of hydrogen-bond acceptors (Lipinski definition) is 3. The number of hydrogen-bond donors (Lipinski definition) is 2. The SMILES string of the molecule is CC(C)CCC(C)COc1ccc(B(O)O)c(F)c1F. The maximum Gasteiger partial charge on any atom is 0.491 e. The number of halogens is 2. The summed E-state index contributed by atoms with van der Waals surface area (Å²) in [6, 6.07) is 2.32. The molecule has 0 saturated heterocycles. The van der Waals surface area contributed by atoms with E-state index >= 15 is 0 Å². The maximum absolute atomic E-state index is 13.7. The Hall–Kier alpha value is -1.14. The minimum absolute atomic E-state index is 0.205. The third-order valence-corrected chi connectivity index (χ3v) is 3.12. The molecule has 1 rings (SSSR count). The number of rotatable bonds is 7. The van der Waals surface area contributed by atoms with Gasteiger partial charge in [0.15, 0.2) is 17.4 Å². The van der Waals surface area contributed by atoms with E-state index in [1.54, 1.807) is 0 Å². The molecule has 0 fully saturated rings. The molecule has 1 aromatic rings. The topological polar surface area (TPSA) is 49.7 Å². The number of ether oxygens (including phenoxy) is 1. The van der Waals surface area contributed by atoms with Crippen LogP contribution in [0.4, 0.5) is 8.78 Å². The summed E-state index contributed by atoms with van der Waals surface area (Å²) in [5.74, 6) is -1.85. The molecule has 0 bridgehead atoms. The lowest BCUT2D eigenvalue weighted by molar-refractivity contribution is 0.233. The van der Waals surface area contributed by atoms with Gasteiger partial charge in [-0.2, -0.15) is 4.39 Å². The molecular weight excluding hydrogens is 265 g/mol. The van der Waals surface area contributed by atoms with Crippen LogP contribution >= 0.6 is 0 Å². The van der Waals surface area contributed by atoms with Crippen LogP contribution in [-0.2, 0) is 0 Å². The molecular formula is C14H21BF2O3. The van der Waals surface area contributed by atoms with Gasteiger partial charge in [-0.25, -0.2) is 4.39 Å². The zero-order valence-corrected chi connectivity index (χ0v) is 12.1. The molecule has 20 heavy (non-hydrogen) atoms. The average Bonchev–Trinajstić information content (AvgIpc) is 2.37. The fourth-order valence-corrected chi connectivity index (χ4v) is 1.79. The van der Waals surface area contributed by atoms with Crippen LogP contribution in [0.15, 0.2) is 12.1 Å². The van der Waals surface area contributed by atoms with E-state index in [2.05, 4.69) is 13.8 Å². The second-order valence-electron chi connectivity index (χ2n) is 5.54. The zero-order chi connectivity index (χ0) is 15.3. The van der Waals surface area contributed by atoms with E-state index in [0.717, 1.165) is 18.9 Å². The minimum atomic E-state index is -2.04. The van der Waals surface area contributed by atoms with E-state index < -0.39 is 24.2 Å². The summed E-state index contributed by atoms with van der Waals surface area (Å²) in [4.78, 5) is 0. The Balaban J connectivity index is 2.63. The van der Waals surface area contributed by atoms with Crippen molar-refractivity contribution in [3.63, 3.8) is 0 Å². The Morgan fingerprint density at radius 3 is 2.30 bits per heavy atom. The van der Waals surface area contributed by atoms with E-state index in [0.29, 0.717) is 12.5 Å². The summed E-state index contributed by atoms with van der Waals surface area (Å²) in [6.45, 7) is 6.54. The molecule has 0 aliphatic heterocycles. The molecule has 0 heterocycles. The lowest BCUT2D eigenvalue weighted by Crippen LogP contribution is -2.33. The minimum Gasteiger partial charge on any atom is -0.490 e. The van der Waals surface area contributed by atoms with Crippen LogP contribution < -0.4 is 10.2 Å². The molecule has 1 aromatic carbocycles. The van der Waals surface area contributed by atoms with E-state index in [1.165, 1.54) is 6.07 Å². The summed E-state index contributed by atoms with van der Waals surface area (Å²) in [6.07, 6.45) is 2.01. The average molecular weight is 286 g/mol. The third-order valence-electron chi connectivity index (χ3n) is 3.12. The molecule has 0 spiro atoms. The van der Waals surface area contributed by atoms with E-state index in [-0.39, 0.29) is 11.7 Å².